The van der Waals surface area contributed by atoms with Crippen LogP contribution >= 0.6 is 22.7 Å². The third-order valence-corrected chi connectivity index (χ3v) is 10.3. The minimum absolute atomic E-state index is 0.620. The maximum absolute atomic E-state index is 10.4. The van der Waals surface area contributed by atoms with Gasteiger partial charge in [0, 0.05) is 45.9 Å². The van der Waals surface area contributed by atoms with Crippen molar-refractivity contribution in [2.24, 2.45) is 0 Å². The van der Waals surface area contributed by atoms with E-state index in [1.807, 2.05) is 30.3 Å². The quantitative estimate of drug-likeness (QED) is 0.213. The fraction of sp³-hybridized carbons (Fsp3) is 0. The molecule has 42 heavy (non-hydrogen) atoms. The Kier molecular flexibility index (Phi) is 5.66. The van der Waals surface area contributed by atoms with E-state index in [0.29, 0.717) is 11.1 Å². The molecule has 0 aliphatic carbocycles. The zero-order chi connectivity index (χ0) is 28.2. The second kappa shape index (κ2) is 9.68. The van der Waals surface area contributed by atoms with Gasteiger partial charge in [0.05, 0.1) is 23.3 Å². The summed E-state index contributed by atoms with van der Waals surface area (Å²) in [7, 11) is 0. The van der Waals surface area contributed by atoms with Crippen molar-refractivity contribution in [3.63, 3.8) is 0 Å². The normalized spacial score (nSPS) is 11.3. The van der Waals surface area contributed by atoms with Gasteiger partial charge in [-0.1, -0.05) is 60.7 Å². The molecule has 8 rings (SSSR count). The van der Waals surface area contributed by atoms with Crippen molar-refractivity contribution in [2.45, 2.75) is 0 Å². The van der Waals surface area contributed by atoms with E-state index in [4.69, 9.17) is 0 Å². The monoisotopic (exact) mass is 568 g/mol. The van der Waals surface area contributed by atoms with Crippen LogP contribution in [0.15, 0.2) is 121 Å². The highest BCUT2D eigenvalue weighted by Crippen LogP contribution is 2.43. The Morgan fingerprint density at radius 3 is 1.48 bits per heavy atom. The Morgan fingerprint density at radius 1 is 0.405 bits per heavy atom. The van der Waals surface area contributed by atoms with Crippen LogP contribution in [0.3, 0.4) is 0 Å². The number of rotatable bonds is 3. The zero-order valence-corrected chi connectivity index (χ0v) is 23.9. The molecule has 0 bridgehead atoms. The summed E-state index contributed by atoms with van der Waals surface area (Å²) in [5, 5.41) is 24.7. The van der Waals surface area contributed by atoms with E-state index >= 15 is 0 Å². The molecule has 0 aliphatic rings. The van der Waals surface area contributed by atoms with Gasteiger partial charge in [0.25, 0.3) is 0 Å². The first-order valence-electron chi connectivity index (χ1n) is 13.6. The Bertz CT molecular complexity index is 2430. The number of hydrogen-bond donors (Lipinski definition) is 0. The maximum atomic E-state index is 10.4. The van der Waals surface area contributed by atoms with Crippen molar-refractivity contribution in [1.29, 1.82) is 10.5 Å². The topological polar surface area (TPSA) is 47.6 Å². The largest absolute Gasteiger partial charge is 0.192 e. The average molecular weight is 569 g/mol. The van der Waals surface area contributed by atoms with Crippen LogP contribution in [-0.2, 0) is 0 Å². The number of nitriles is 2. The summed E-state index contributed by atoms with van der Waals surface area (Å²) in [5.41, 5.74) is 7.27. The third-order valence-electron chi connectivity index (χ3n) is 7.98. The number of benzene rings is 6. The van der Waals surface area contributed by atoms with Gasteiger partial charge in [-0.05, 0) is 88.5 Å². The smallest absolute Gasteiger partial charge is 0.0998 e. The van der Waals surface area contributed by atoms with Crippen molar-refractivity contribution >= 4 is 63.0 Å². The van der Waals surface area contributed by atoms with Gasteiger partial charge in [-0.15, -0.1) is 22.7 Å². The standard InChI is InChI=1S/C38H20N2S2/c39-21-23-9-11-24(12-10-23)32-20-30(25-13-15-37-33(17-25)28-5-1-3-7-35(28)41-37)27(22-40)19-31(32)26-14-16-38-34(18-26)29-6-2-4-8-36(29)42-38/h1-20H. The molecule has 2 aromatic heterocycles. The Labute approximate surface area is 250 Å². The van der Waals surface area contributed by atoms with Crippen LogP contribution in [0.25, 0.3) is 73.7 Å². The van der Waals surface area contributed by atoms with Crippen molar-refractivity contribution in [3.05, 3.63) is 132 Å². The molecular formula is C38H20N2S2. The van der Waals surface area contributed by atoms with Crippen LogP contribution in [-0.4, -0.2) is 0 Å². The lowest BCUT2D eigenvalue weighted by Crippen LogP contribution is -1.92. The maximum Gasteiger partial charge on any atom is 0.0998 e. The zero-order valence-electron chi connectivity index (χ0n) is 22.3. The molecule has 2 heterocycles. The molecule has 0 radical (unpaired) electrons. The van der Waals surface area contributed by atoms with Gasteiger partial charge in [0.1, 0.15) is 0 Å². The van der Waals surface area contributed by atoms with Crippen molar-refractivity contribution < 1.29 is 0 Å². The van der Waals surface area contributed by atoms with Gasteiger partial charge in [-0.3, -0.25) is 0 Å². The Balaban J connectivity index is 1.38. The predicted molar refractivity (Wildman–Crippen MR) is 178 cm³/mol. The second-order valence-corrected chi connectivity index (χ2v) is 12.5. The fourth-order valence-electron chi connectivity index (χ4n) is 5.92. The van der Waals surface area contributed by atoms with Gasteiger partial charge < -0.3 is 0 Å². The molecule has 0 atom stereocenters. The number of fused-ring (bicyclic) bond motifs is 6. The fourth-order valence-corrected chi connectivity index (χ4v) is 8.09. The highest BCUT2D eigenvalue weighted by atomic mass is 32.1. The van der Waals surface area contributed by atoms with Crippen LogP contribution in [0.1, 0.15) is 11.1 Å². The second-order valence-electron chi connectivity index (χ2n) is 10.4. The van der Waals surface area contributed by atoms with E-state index in [0.717, 1.165) is 33.4 Å². The van der Waals surface area contributed by atoms with Gasteiger partial charge in [-0.25, -0.2) is 0 Å². The Hall–Kier alpha value is -5.26. The molecule has 0 fully saturated rings. The first-order chi connectivity index (χ1) is 20.7. The molecule has 0 spiro atoms. The molecule has 4 heteroatoms. The summed E-state index contributed by atoms with van der Waals surface area (Å²) >= 11 is 3.59. The summed E-state index contributed by atoms with van der Waals surface area (Å²) in [5.74, 6) is 0. The highest BCUT2D eigenvalue weighted by Gasteiger charge is 2.17. The van der Waals surface area contributed by atoms with Gasteiger partial charge in [-0.2, -0.15) is 10.5 Å². The summed E-state index contributed by atoms with van der Waals surface area (Å²) in [6.45, 7) is 0. The van der Waals surface area contributed by atoms with Crippen LogP contribution in [0.2, 0.25) is 0 Å². The minimum atomic E-state index is 0.620. The van der Waals surface area contributed by atoms with E-state index in [2.05, 4.69) is 103 Å². The lowest BCUT2D eigenvalue weighted by Gasteiger charge is -2.15. The molecule has 0 N–H and O–H groups in total. The molecule has 0 saturated heterocycles. The highest BCUT2D eigenvalue weighted by molar-refractivity contribution is 7.26. The number of hydrogen-bond acceptors (Lipinski definition) is 4. The van der Waals surface area contributed by atoms with Crippen LogP contribution in [0.4, 0.5) is 0 Å². The third kappa shape index (κ3) is 3.90. The first kappa shape index (κ1) is 24.5. The van der Waals surface area contributed by atoms with E-state index < -0.39 is 0 Å². The molecule has 0 aliphatic heterocycles. The Morgan fingerprint density at radius 2 is 0.905 bits per heavy atom. The van der Waals surface area contributed by atoms with E-state index in [1.165, 1.54) is 40.3 Å². The molecule has 194 valence electrons. The average Bonchev–Trinajstić information content (AvgIpc) is 3.61. The van der Waals surface area contributed by atoms with E-state index in [1.54, 1.807) is 22.7 Å². The summed E-state index contributed by atoms with van der Waals surface area (Å²) in [6.07, 6.45) is 0. The van der Waals surface area contributed by atoms with Crippen molar-refractivity contribution in [2.75, 3.05) is 0 Å². The van der Waals surface area contributed by atoms with E-state index in [9.17, 15) is 10.5 Å². The SMILES string of the molecule is N#Cc1ccc(-c2cc(-c3ccc4sc5ccccc5c4c3)c(C#N)cc2-c2ccc3sc4ccccc4c3c2)cc1. The molecule has 0 saturated carbocycles. The van der Waals surface area contributed by atoms with Crippen LogP contribution < -0.4 is 0 Å². The molecule has 8 aromatic rings. The van der Waals surface area contributed by atoms with Crippen molar-refractivity contribution in [3.8, 4) is 45.5 Å². The van der Waals surface area contributed by atoms with Crippen LogP contribution in [0, 0.1) is 22.7 Å². The lowest BCUT2D eigenvalue weighted by atomic mass is 9.87. The van der Waals surface area contributed by atoms with Crippen molar-refractivity contribution in [1.82, 2.24) is 0 Å². The molecular weight excluding hydrogens is 549 g/mol. The molecule has 0 unspecified atom stereocenters. The summed E-state index contributed by atoms with van der Waals surface area (Å²) in [6, 6.07) is 46.7. The van der Waals surface area contributed by atoms with Gasteiger partial charge >= 0.3 is 0 Å². The van der Waals surface area contributed by atoms with Gasteiger partial charge in [0.15, 0.2) is 0 Å². The number of thiophene rings is 2. The van der Waals surface area contributed by atoms with Gasteiger partial charge in [0.2, 0.25) is 0 Å². The van der Waals surface area contributed by atoms with E-state index in [-0.39, 0.29) is 0 Å². The predicted octanol–water partition coefficient (Wildman–Crippen LogP) is 11.2. The first-order valence-corrected chi connectivity index (χ1v) is 15.3. The molecule has 2 nitrogen and oxygen atoms in total. The lowest BCUT2D eigenvalue weighted by molar-refractivity contribution is 1.47. The summed E-state index contributed by atoms with van der Waals surface area (Å²) in [4.78, 5) is 0. The minimum Gasteiger partial charge on any atom is -0.192 e. The molecule has 6 aromatic carbocycles. The van der Waals surface area contributed by atoms with Crippen LogP contribution in [0.5, 0.6) is 0 Å². The number of nitrogens with zero attached hydrogens (tertiary/aromatic N) is 2. The molecule has 0 amide bonds. The summed E-state index contributed by atoms with van der Waals surface area (Å²) < 4.78 is 5.00.